The van der Waals surface area contributed by atoms with Crippen LogP contribution in [0.1, 0.15) is 36.8 Å². The standard InChI is InChI=1S/C16H21NO2/c1-12-3-2-4-14(15(12)17)11-13-5-7-16(8-6-13)18-9-10-19-16/h2-4,11H,5-10,17H2,1H3. The first-order valence-electron chi connectivity index (χ1n) is 7.01. The Labute approximate surface area is 114 Å². The number of aryl methyl sites for hydroxylation is 1. The molecule has 0 radical (unpaired) electrons. The van der Waals surface area contributed by atoms with Crippen molar-refractivity contribution in [3.63, 3.8) is 0 Å². The average molecular weight is 259 g/mol. The molecule has 1 spiro atoms. The fourth-order valence-electron chi connectivity index (χ4n) is 2.93. The van der Waals surface area contributed by atoms with Gasteiger partial charge in [0.15, 0.2) is 5.79 Å². The van der Waals surface area contributed by atoms with Gasteiger partial charge in [0.05, 0.1) is 13.2 Å². The van der Waals surface area contributed by atoms with Crippen molar-refractivity contribution in [3.05, 3.63) is 34.9 Å². The van der Waals surface area contributed by atoms with E-state index in [1.165, 1.54) is 5.57 Å². The lowest BCUT2D eigenvalue weighted by molar-refractivity contribution is -0.171. The van der Waals surface area contributed by atoms with E-state index in [1.807, 2.05) is 13.0 Å². The number of hydrogen-bond acceptors (Lipinski definition) is 3. The fraction of sp³-hybridized carbons (Fsp3) is 0.500. The van der Waals surface area contributed by atoms with Gasteiger partial charge in [0.25, 0.3) is 0 Å². The van der Waals surface area contributed by atoms with Gasteiger partial charge in [0.1, 0.15) is 0 Å². The summed E-state index contributed by atoms with van der Waals surface area (Å²) in [4.78, 5) is 0. The minimum Gasteiger partial charge on any atom is -0.398 e. The Kier molecular flexibility index (Phi) is 3.33. The summed E-state index contributed by atoms with van der Waals surface area (Å²) < 4.78 is 11.5. The quantitative estimate of drug-likeness (QED) is 0.787. The summed E-state index contributed by atoms with van der Waals surface area (Å²) in [6.07, 6.45) is 6.24. The van der Waals surface area contributed by atoms with Crippen LogP contribution in [0.15, 0.2) is 23.8 Å². The zero-order valence-electron chi connectivity index (χ0n) is 11.4. The molecule has 1 aliphatic heterocycles. The van der Waals surface area contributed by atoms with Crippen molar-refractivity contribution in [1.29, 1.82) is 0 Å². The van der Waals surface area contributed by atoms with E-state index in [1.54, 1.807) is 0 Å². The Bertz CT molecular complexity index is 489. The molecule has 102 valence electrons. The third kappa shape index (κ3) is 2.53. The van der Waals surface area contributed by atoms with Gasteiger partial charge >= 0.3 is 0 Å². The number of rotatable bonds is 1. The molecule has 0 aromatic heterocycles. The number of nitrogen functional groups attached to an aromatic ring is 1. The van der Waals surface area contributed by atoms with Crippen LogP contribution in [0, 0.1) is 6.92 Å². The summed E-state index contributed by atoms with van der Waals surface area (Å²) in [5.41, 5.74) is 10.7. The summed E-state index contributed by atoms with van der Waals surface area (Å²) in [6, 6.07) is 6.20. The maximum Gasteiger partial charge on any atom is 0.169 e. The minimum absolute atomic E-state index is 0.282. The van der Waals surface area contributed by atoms with E-state index in [2.05, 4.69) is 18.2 Å². The van der Waals surface area contributed by atoms with Crippen LogP contribution in [0.4, 0.5) is 5.69 Å². The van der Waals surface area contributed by atoms with Crippen molar-refractivity contribution in [2.75, 3.05) is 18.9 Å². The van der Waals surface area contributed by atoms with Crippen LogP contribution in [-0.4, -0.2) is 19.0 Å². The van der Waals surface area contributed by atoms with Gasteiger partial charge in [-0.05, 0) is 30.9 Å². The molecular weight excluding hydrogens is 238 g/mol. The number of nitrogens with two attached hydrogens (primary N) is 1. The second-order valence-electron chi connectivity index (χ2n) is 5.49. The molecule has 2 fully saturated rings. The molecule has 1 heterocycles. The highest BCUT2D eigenvalue weighted by atomic mass is 16.7. The molecule has 1 aromatic rings. The summed E-state index contributed by atoms with van der Waals surface area (Å²) in [7, 11) is 0. The number of allylic oxidation sites excluding steroid dienone is 1. The number of benzene rings is 1. The third-order valence-corrected chi connectivity index (χ3v) is 4.19. The van der Waals surface area contributed by atoms with Crippen LogP contribution in [-0.2, 0) is 9.47 Å². The Balaban J connectivity index is 1.74. The van der Waals surface area contributed by atoms with Crippen molar-refractivity contribution < 1.29 is 9.47 Å². The highest BCUT2D eigenvalue weighted by Crippen LogP contribution is 2.38. The highest BCUT2D eigenvalue weighted by Gasteiger charge is 2.38. The zero-order valence-corrected chi connectivity index (χ0v) is 11.4. The monoisotopic (exact) mass is 259 g/mol. The molecule has 3 nitrogen and oxygen atoms in total. The summed E-state index contributed by atoms with van der Waals surface area (Å²) in [6.45, 7) is 3.53. The molecule has 0 atom stereocenters. The first kappa shape index (κ1) is 12.7. The molecule has 1 saturated carbocycles. The van der Waals surface area contributed by atoms with Gasteiger partial charge in [-0.25, -0.2) is 0 Å². The van der Waals surface area contributed by atoms with Gasteiger partial charge in [0.2, 0.25) is 0 Å². The van der Waals surface area contributed by atoms with E-state index in [4.69, 9.17) is 15.2 Å². The maximum absolute atomic E-state index is 6.12. The molecular formula is C16H21NO2. The average Bonchev–Trinajstić information content (AvgIpc) is 2.86. The second kappa shape index (κ2) is 4.99. The van der Waals surface area contributed by atoms with Gasteiger partial charge < -0.3 is 15.2 Å². The largest absolute Gasteiger partial charge is 0.398 e. The lowest BCUT2D eigenvalue weighted by Crippen LogP contribution is -2.33. The van der Waals surface area contributed by atoms with Crippen LogP contribution in [0.5, 0.6) is 0 Å². The maximum atomic E-state index is 6.12. The molecule has 1 aromatic carbocycles. The van der Waals surface area contributed by atoms with Crippen molar-refractivity contribution >= 4 is 11.8 Å². The first-order chi connectivity index (χ1) is 9.19. The Morgan fingerprint density at radius 2 is 1.84 bits per heavy atom. The molecule has 3 heteroatoms. The summed E-state index contributed by atoms with van der Waals surface area (Å²) in [5.74, 6) is -0.282. The molecule has 2 aliphatic rings. The van der Waals surface area contributed by atoms with Crippen molar-refractivity contribution in [2.45, 2.75) is 38.4 Å². The lowest BCUT2D eigenvalue weighted by Gasteiger charge is -2.32. The van der Waals surface area contributed by atoms with Gasteiger partial charge in [-0.15, -0.1) is 0 Å². The summed E-state index contributed by atoms with van der Waals surface area (Å²) in [5, 5.41) is 0. The number of hydrogen-bond donors (Lipinski definition) is 1. The molecule has 3 rings (SSSR count). The molecule has 1 saturated heterocycles. The zero-order chi connectivity index (χ0) is 13.3. The lowest BCUT2D eigenvalue weighted by atomic mass is 9.88. The smallest absolute Gasteiger partial charge is 0.169 e. The van der Waals surface area contributed by atoms with Gasteiger partial charge in [-0.1, -0.05) is 29.8 Å². The van der Waals surface area contributed by atoms with Crippen molar-refractivity contribution in [3.8, 4) is 0 Å². The van der Waals surface area contributed by atoms with Crippen LogP contribution in [0.3, 0.4) is 0 Å². The number of para-hydroxylation sites is 1. The van der Waals surface area contributed by atoms with Crippen molar-refractivity contribution in [1.82, 2.24) is 0 Å². The number of ether oxygens (including phenoxy) is 2. The van der Waals surface area contributed by atoms with E-state index in [9.17, 15) is 0 Å². The normalized spacial score (nSPS) is 21.8. The molecule has 0 unspecified atom stereocenters. The molecule has 0 amide bonds. The third-order valence-electron chi connectivity index (χ3n) is 4.19. The van der Waals surface area contributed by atoms with Crippen LogP contribution < -0.4 is 5.73 Å². The fourth-order valence-corrected chi connectivity index (χ4v) is 2.93. The van der Waals surface area contributed by atoms with E-state index >= 15 is 0 Å². The van der Waals surface area contributed by atoms with Crippen LogP contribution in [0.25, 0.3) is 6.08 Å². The Morgan fingerprint density at radius 1 is 1.16 bits per heavy atom. The van der Waals surface area contributed by atoms with Crippen LogP contribution >= 0.6 is 0 Å². The highest BCUT2D eigenvalue weighted by molar-refractivity contribution is 5.68. The predicted molar refractivity (Wildman–Crippen MR) is 76.7 cm³/mol. The van der Waals surface area contributed by atoms with E-state index in [-0.39, 0.29) is 5.79 Å². The Hall–Kier alpha value is -1.32. The number of anilines is 1. The Morgan fingerprint density at radius 3 is 2.53 bits per heavy atom. The van der Waals surface area contributed by atoms with Crippen molar-refractivity contribution in [2.24, 2.45) is 0 Å². The van der Waals surface area contributed by atoms with Gasteiger partial charge in [-0.3, -0.25) is 0 Å². The second-order valence-corrected chi connectivity index (χ2v) is 5.49. The van der Waals surface area contributed by atoms with E-state index < -0.39 is 0 Å². The van der Waals surface area contributed by atoms with E-state index in [0.29, 0.717) is 0 Å². The molecule has 2 N–H and O–H groups in total. The topological polar surface area (TPSA) is 44.5 Å². The molecule has 0 bridgehead atoms. The summed E-state index contributed by atoms with van der Waals surface area (Å²) >= 11 is 0. The minimum atomic E-state index is -0.282. The first-order valence-corrected chi connectivity index (χ1v) is 7.01. The predicted octanol–water partition coefficient (Wildman–Crippen LogP) is 3.28. The SMILES string of the molecule is Cc1cccc(C=C2CCC3(CC2)OCCO3)c1N. The van der Waals surface area contributed by atoms with E-state index in [0.717, 1.165) is 55.7 Å². The van der Waals surface area contributed by atoms with Crippen LogP contribution in [0.2, 0.25) is 0 Å². The molecule has 1 aliphatic carbocycles. The van der Waals surface area contributed by atoms with Gasteiger partial charge in [-0.2, -0.15) is 0 Å². The molecule has 19 heavy (non-hydrogen) atoms. The van der Waals surface area contributed by atoms with Gasteiger partial charge in [0, 0.05) is 18.5 Å².